The summed E-state index contributed by atoms with van der Waals surface area (Å²) in [6.07, 6.45) is 3.25. The number of hydrogen-bond acceptors (Lipinski definition) is 2. The standard InChI is InChI=1S/C14H20ClN3/c1-3-5-8-11(16)14-17-12-9-6-7-10(15)13(12)18(14)4-2/h6-7,9,11H,3-5,8,16H2,1-2H3. The van der Waals surface area contributed by atoms with Gasteiger partial charge in [-0.05, 0) is 25.5 Å². The summed E-state index contributed by atoms with van der Waals surface area (Å²) in [6.45, 7) is 5.11. The molecular weight excluding hydrogens is 246 g/mol. The molecule has 18 heavy (non-hydrogen) atoms. The lowest BCUT2D eigenvalue weighted by atomic mass is 10.1. The third-order valence-corrected chi connectivity index (χ3v) is 3.57. The van der Waals surface area contributed by atoms with Crippen molar-refractivity contribution in [2.45, 2.75) is 45.7 Å². The van der Waals surface area contributed by atoms with Crippen molar-refractivity contribution in [2.24, 2.45) is 5.73 Å². The first-order valence-electron chi connectivity index (χ1n) is 6.59. The molecule has 3 nitrogen and oxygen atoms in total. The Morgan fingerprint density at radius 2 is 2.17 bits per heavy atom. The van der Waals surface area contributed by atoms with Crippen LogP contribution in [0.2, 0.25) is 5.02 Å². The zero-order valence-electron chi connectivity index (χ0n) is 11.0. The monoisotopic (exact) mass is 265 g/mol. The quantitative estimate of drug-likeness (QED) is 0.891. The van der Waals surface area contributed by atoms with E-state index in [1.807, 2.05) is 18.2 Å². The van der Waals surface area contributed by atoms with Crippen molar-refractivity contribution in [2.75, 3.05) is 0 Å². The summed E-state index contributed by atoms with van der Waals surface area (Å²) < 4.78 is 2.14. The fourth-order valence-electron chi connectivity index (χ4n) is 2.32. The number of nitrogens with two attached hydrogens (primary N) is 1. The maximum absolute atomic E-state index is 6.26. The number of imidazole rings is 1. The van der Waals surface area contributed by atoms with Crippen molar-refractivity contribution in [1.29, 1.82) is 0 Å². The Morgan fingerprint density at radius 3 is 2.83 bits per heavy atom. The molecule has 4 heteroatoms. The van der Waals surface area contributed by atoms with Gasteiger partial charge in [-0.1, -0.05) is 37.4 Å². The zero-order valence-corrected chi connectivity index (χ0v) is 11.7. The van der Waals surface area contributed by atoms with Crippen LogP contribution in [0.5, 0.6) is 0 Å². The molecule has 1 heterocycles. The minimum absolute atomic E-state index is 0.00614. The normalized spacial score (nSPS) is 13.1. The third kappa shape index (κ3) is 2.38. The van der Waals surface area contributed by atoms with Crippen LogP contribution in [0.1, 0.15) is 45.0 Å². The van der Waals surface area contributed by atoms with E-state index in [9.17, 15) is 0 Å². The van der Waals surface area contributed by atoms with Crippen molar-refractivity contribution in [3.05, 3.63) is 29.0 Å². The molecule has 0 amide bonds. The molecule has 0 fully saturated rings. The van der Waals surface area contributed by atoms with Gasteiger partial charge in [0.1, 0.15) is 5.82 Å². The van der Waals surface area contributed by atoms with Crippen molar-refractivity contribution in [1.82, 2.24) is 9.55 Å². The van der Waals surface area contributed by atoms with Crippen molar-refractivity contribution >= 4 is 22.6 Å². The van der Waals surface area contributed by atoms with Crippen LogP contribution in [0.4, 0.5) is 0 Å². The molecule has 0 radical (unpaired) electrons. The van der Waals surface area contributed by atoms with Crippen LogP contribution >= 0.6 is 11.6 Å². The van der Waals surface area contributed by atoms with Gasteiger partial charge in [0.25, 0.3) is 0 Å². The maximum Gasteiger partial charge on any atom is 0.126 e. The van der Waals surface area contributed by atoms with Gasteiger partial charge in [-0.15, -0.1) is 0 Å². The predicted molar refractivity (Wildman–Crippen MR) is 76.9 cm³/mol. The third-order valence-electron chi connectivity index (χ3n) is 3.26. The molecule has 2 aromatic rings. The average Bonchev–Trinajstić information content (AvgIpc) is 2.76. The average molecular weight is 266 g/mol. The summed E-state index contributed by atoms with van der Waals surface area (Å²) in [7, 11) is 0. The van der Waals surface area contributed by atoms with Crippen molar-refractivity contribution < 1.29 is 0 Å². The van der Waals surface area contributed by atoms with Crippen LogP contribution in [0.3, 0.4) is 0 Å². The number of para-hydroxylation sites is 1. The number of rotatable bonds is 5. The van der Waals surface area contributed by atoms with Gasteiger partial charge in [-0.3, -0.25) is 0 Å². The largest absolute Gasteiger partial charge is 0.326 e. The van der Waals surface area contributed by atoms with E-state index in [0.717, 1.165) is 47.7 Å². The first kappa shape index (κ1) is 13.4. The van der Waals surface area contributed by atoms with Gasteiger partial charge in [-0.25, -0.2) is 4.98 Å². The molecule has 1 atom stereocenters. The number of hydrogen-bond donors (Lipinski definition) is 1. The lowest BCUT2D eigenvalue weighted by Crippen LogP contribution is -2.16. The molecule has 0 bridgehead atoms. The summed E-state index contributed by atoms with van der Waals surface area (Å²) >= 11 is 6.26. The van der Waals surface area contributed by atoms with E-state index in [2.05, 4.69) is 23.4 Å². The summed E-state index contributed by atoms with van der Waals surface area (Å²) in [6, 6.07) is 5.81. The fourth-order valence-corrected chi connectivity index (χ4v) is 2.59. The van der Waals surface area contributed by atoms with Crippen molar-refractivity contribution in [3.63, 3.8) is 0 Å². The van der Waals surface area contributed by atoms with Gasteiger partial charge in [0.15, 0.2) is 0 Å². The minimum atomic E-state index is -0.00614. The number of fused-ring (bicyclic) bond motifs is 1. The Balaban J connectivity index is 2.47. The summed E-state index contributed by atoms with van der Waals surface area (Å²) in [4.78, 5) is 4.65. The van der Waals surface area contributed by atoms with E-state index in [4.69, 9.17) is 17.3 Å². The highest BCUT2D eigenvalue weighted by Gasteiger charge is 2.17. The smallest absolute Gasteiger partial charge is 0.126 e. The van der Waals surface area contributed by atoms with E-state index in [-0.39, 0.29) is 6.04 Å². The molecule has 98 valence electrons. The van der Waals surface area contributed by atoms with E-state index in [0.29, 0.717) is 0 Å². The Hall–Kier alpha value is -1.06. The second kappa shape index (κ2) is 5.72. The second-order valence-electron chi connectivity index (χ2n) is 4.57. The van der Waals surface area contributed by atoms with Crippen LogP contribution in [0, 0.1) is 0 Å². The topological polar surface area (TPSA) is 43.8 Å². The molecule has 0 saturated heterocycles. The zero-order chi connectivity index (χ0) is 13.1. The maximum atomic E-state index is 6.26. The molecule has 0 spiro atoms. The van der Waals surface area contributed by atoms with Crippen LogP contribution in [0.15, 0.2) is 18.2 Å². The summed E-state index contributed by atoms with van der Waals surface area (Å²) in [5.74, 6) is 0.953. The molecule has 2 N–H and O–H groups in total. The minimum Gasteiger partial charge on any atom is -0.326 e. The molecule has 2 rings (SSSR count). The Morgan fingerprint density at radius 1 is 1.39 bits per heavy atom. The molecule has 1 aromatic heterocycles. The molecule has 1 aromatic carbocycles. The Kier molecular flexibility index (Phi) is 4.25. The molecule has 0 aliphatic heterocycles. The van der Waals surface area contributed by atoms with E-state index in [1.54, 1.807) is 0 Å². The SMILES string of the molecule is CCCCC(N)c1nc2cccc(Cl)c2n1CC. The highest BCUT2D eigenvalue weighted by molar-refractivity contribution is 6.35. The predicted octanol–water partition coefficient (Wildman–Crippen LogP) is 3.90. The fraction of sp³-hybridized carbons (Fsp3) is 0.500. The first-order chi connectivity index (χ1) is 8.69. The van der Waals surface area contributed by atoms with Gasteiger partial charge in [0, 0.05) is 6.54 Å². The molecule has 0 saturated carbocycles. The van der Waals surface area contributed by atoms with Gasteiger partial charge in [0.05, 0.1) is 22.1 Å². The van der Waals surface area contributed by atoms with Crippen LogP contribution in [-0.2, 0) is 6.54 Å². The number of halogens is 1. The molecule has 1 unspecified atom stereocenters. The highest BCUT2D eigenvalue weighted by Crippen LogP contribution is 2.27. The molecule has 0 aliphatic carbocycles. The number of unbranched alkanes of at least 4 members (excludes halogenated alkanes) is 1. The van der Waals surface area contributed by atoms with Crippen LogP contribution in [0.25, 0.3) is 11.0 Å². The Labute approximate surface area is 113 Å². The van der Waals surface area contributed by atoms with E-state index >= 15 is 0 Å². The number of aromatic nitrogens is 2. The molecule has 0 aliphatic rings. The number of nitrogens with zero attached hydrogens (tertiary/aromatic N) is 2. The Bertz CT molecular complexity index is 533. The lowest BCUT2D eigenvalue weighted by molar-refractivity contribution is 0.547. The summed E-state index contributed by atoms with van der Waals surface area (Å²) in [5.41, 5.74) is 8.18. The van der Waals surface area contributed by atoms with Gasteiger partial charge >= 0.3 is 0 Å². The first-order valence-corrected chi connectivity index (χ1v) is 6.97. The van der Waals surface area contributed by atoms with Crippen LogP contribution < -0.4 is 5.73 Å². The second-order valence-corrected chi connectivity index (χ2v) is 4.98. The molecular formula is C14H20ClN3. The lowest BCUT2D eigenvalue weighted by Gasteiger charge is -2.13. The highest BCUT2D eigenvalue weighted by atomic mass is 35.5. The number of aryl methyl sites for hydroxylation is 1. The van der Waals surface area contributed by atoms with Crippen molar-refractivity contribution in [3.8, 4) is 0 Å². The number of benzene rings is 1. The van der Waals surface area contributed by atoms with Crippen LogP contribution in [-0.4, -0.2) is 9.55 Å². The van der Waals surface area contributed by atoms with E-state index in [1.165, 1.54) is 0 Å². The summed E-state index contributed by atoms with van der Waals surface area (Å²) in [5, 5.41) is 0.746. The van der Waals surface area contributed by atoms with E-state index < -0.39 is 0 Å². The van der Waals surface area contributed by atoms with Gasteiger partial charge in [-0.2, -0.15) is 0 Å². The van der Waals surface area contributed by atoms with Gasteiger partial charge in [0.2, 0.25) is 0 Å². The van der Waals surface area contributed by atoms with Gasteiger partial charge < -0.3 is 10.3 Å².